The van der Waals surface area contributed by atoms with Crippen LogP contribution in [0.5, 0.6) is 0 Å². The van der Waals surface area contributed by atoms with Gasteiger partial charge in [0.25, 0.3) is 10.1 Å². The molecule has 1 atom stereocenters. The lowest BCUT2D eigenvalue weighted by Gasteiger charge is -2.35. The van der Waals surface area contributed by atoms with Gasteiger partial charge in [-0.05, 0) is 25.8 Å². The number of aliphatic hydroxyl groups is 1. The zero-order valence-electron chi connectivity index (χ0n) is 8.80. The van der Waals surface area contributed by atoms with Gasteiger partial charge in [-0.3, -0.25) is 9.45 Å². The molecule has 2 N–H and O–H groups in total. The van der Waals surface area contributed by atoms with Crippen LogP contribution in [-0.4, -0.2) is 54.5 Å². The third-order valence-electron chi connectivity index (χ3n) is 2.85. The molecule has 1 aliphatic rings. The van der Waals surface area contributed by atoms with Crippen LogP contribution < -0.4 is 0 Å². The second kappa shape index (κ2) is 5.79. The van der Waals surface area contributed by atoms with Gasteiger partial charge in [-0.15, -0.1) is 0 Å². The highest BCUT2D eigenvalue weighted by molar-refractivity contribution is 7.85. The zero-order valence-corrected chi connectivity index (χ0v) is 9.62. The summed E-state index contributed by atoms with van der Waals surface area (Å²) in [6, 6.07) is 0.269. The third-order valence-corrected chi connectivity index (χ3v) is 3.55. The standard InChI is InChI=1S/C9H19NO4S/c11-7-4-9-3-1-2-5-10(9)6-8-15(12,13)14/h9,11H,1-8H2,(H,12,13,14). The van der Waals surface area contributed by atoms with Crippen LogP contribution in [0.25, 0.3) is 0 Å². The van der Waals surface area contributed by atoms with Crippen molar-refractivity contribution in [1.82, 2.24) is 4.90 Å². The lowest BCUT2D eigenvalue weighted by atomic mass is 10.00. The van der Waals surface area contributed by atoms with E-state index < -0.39 is 10.1 Å². The normalized spacial score (nSPS) is 24.3. The van der Waals surface area contributed by atoms with Crippen LogP contribution >= 0.6 is 0 Å². The molecular formula is C9H19NO4S. The summed E-state index contributed by atoms with van der Waals surface area (Å²) in [6.07, 6.45) is 3.89. The highest BCUT2D eigenvalue weighted by atomic mass is 32.2. The van der Waals surface area contributed by atoms with E-state index in [0.29, 0.717) is 13.0 Å². The SMILES string of the molecule is O=S(=O)(O)CCN1CCCCC1CCO. The van der Waals surface area contributed by atoms with Crippen LogP contribution in [0.2, 0.25) is 0 Å². The molecule has 0 aromatic rings. The first-order chi connectivity index (χ1) is 7.03. The molecule has 0 saturated carbocycles. The van der Waals surface area contributed by atoms with Crippen molar-refractivity contribution in [2.75, 3.05) is 25.4 Å². The van der Waals surface area contributed by atoms with E-state index in [1.54, 1.807) is 0 Å². The molecule has 0 radical (unpaired) electrons. The van der Waals surface area contributed by atoms with Crippen molar-refractivity contribution >= 4 is 10.1 Å². The Morgan fingerprint density at radius 3 is 2.67 bits per heavy atom. The van der Waals surface area contributed by atoms with Gasteiger partial charge in [0.2, 0.25) is 0 Å². The average Bonchev–Trinajstić information content (AvgIpc) is 2.16. The molecule has 1 heterocycles. The van der Waals surface area contributed by atoms with Gasteiger partial charge in [0.05, 0.1) is 5.75 Å². The number of nitrogens with zero attached hydrogens (tertiary/aromatic N) is 1. The topological polar surface area (TPSA) is 77.8 Å². The highest BCUT2D eigenvalue weighted by Gasteiger charge is 2.22. The lowest BCUT2D eigenvalue weighted by molar-refractivity contribution is 0.125. The highest BCUT2D eigenvalue weighted by Crippen LogP contribution is 2.18. The Morgan fingerprint density at radius 1 is 1.33 bits per heavy atom. The van der Waals surface area contributed by atoms with Gasteiger partial charge < -0.3 is 5.11 Å². The predicted molar refractivity (Wildman–Crippen MR) is 57.3 cm³/mol. The van der Waals surface area contributed by atoms with Gasteiger partial charge in [0.15, 0.2) is 0 Å². The summed E-state index contributed by atoms with van der Waals surface area (Å²) in [6.45, 7) is 1.36. The van der Waals surface area contributed by atoms with Crippen molar-refractivity contribution in [3.05, 3.63) is 0 Å². The molecule has 0 aliphatic carbocycles. The van der Waals surface area contributed by atoms with Crippen molar-refractivity contribution in [3.8, 4) is 0 Å². The van der Waals surface area contributed by atoms with E-state index in [1.807, 2.05) is 4.90 Å². The van der Waals surface area contributed by atoms with E-state index in [-0.39, 0.29) is 18.4 Å². The Morgan fingerprint density at radius 2 is 2.07 bits per heavy atom. The third kappa shape index (κ3) is 4.92. The minimum Gasteiger partial charge on any atom is -0.396 e. The molecule has 1 unspecified atom stereocenters. The molecular weight excluding hydrogens is 218 g/mol. The number of aliphatic hydroxyl groups excluding tert-OH is 1. The first-order valence-corrected chi connectivity index (χ1v) is 6.94. The number of hydrogen-bond acceptors (Lipinski definition) is 4. The zero-order chi connectivity index (χ0) is 11.3. The fraction of sp³-hybridized carbons (Fsp3) is 1.00. The molecule has 5 nitrogen and oxygen atoms in total. The molecule has 15 heavy (non-hydrogen) atoms. The Bertz CT molecular complexity index is 276. The van der Waals surface area contributed by atoms with Crippen molar-refractivity contribution < 1.29 is 18.1 Å². The van der Waals surface area contributed by atoms with E-state index >= 15 is 0 Å². The van der Waals surface area contributed by atoms with Crippen molar-refractivity contribution in [3.63, 3.8) is 0 Å². The summed E-state index contributed by atoms with van der Waals surface area (Å²) in [5.41, 5.74) is 0. The number of likely N-dealkylation sites (tertiary alicyclic amines) is 1. The number of rotatable bonds is 5. The second-order valence-electron chi connectivity index (χ2n) is 3.98. The molecule has 0 aromatic heterocycles. The molecule has 1 rings (SSSR count). The van der Waals surface area contributed by atoms with Crippen molar-refractivity contribution in [2.45, 2.75) is 31.7 Å². The second-order valence-corrected chi connectivity index (χ2v) is 5.56. The first kappa shape index (κ1) is 12.9. The quantitative estimate of drug-likeness (QED) is 0.664. The van der Waals surface area contributed by atoms with Gasteiger partial charge in [0, 0.05) is 19.2 Å². The minimum atomic E-state index is -3.87. The Balaban J connectivity index is 2.42. The van der Waals surface area contributed by atoms with Crippen molar-refractivity contribution in [1.29, 1.82) is 0 Å². The Labute approximate surface area is 90.8 Å². The van der Waals surface area contributed by atoms with Crippen LogP contribution in [0.4, 0.5) is 0 Å². The van der Waals surface area contributed by atoms with E-state index in [0.717, 1.165) is 25.8 Å². The predicted octanol–water partition coefficient (Wildman–Crippen LogP) is 0.111. The maximum absolute atomic E-state index is 10.6. The van der Waals surface area contributed by atoms with E-state index in [9.17, 15) is 8.42 Å². The Kier molecular flexibility index (Phi) is 4.98. The minimum absolute atomic E-state index is 0.132. The van der Waals surface area contributed by atoms with Crippen LogP contribution in [-0.2, 0) is 10.1 Å². The summed E-state index contributed by atoms with van der Waals surface area (Å²) in [4.78, 5) is 2.05. The van der Waals surface area contributed by atoms with Gasteiger partial charge in [-0.25, -0.2) is 0 Å². The van der Waals surface area contributed by atoms with Gasteiger partial charge >= 0.3 is 0 Å². The van der Waals surface area contributed by atoms with Gasteiger partial charge in [-0.2, -0.15) is 8.42 Å². The largest absolute Gasteiger partial charge is 0.396 e. The van der Waals surface area contributed by atoms with Crippen LogP contribution in [0.1, 0.15) is 25.7 Å². The summed E-state index contributed by atoms with van der Waals surface area (Å²) in [5.74, 6) is -0.213. The monoisotopic (exact) mass is 237 g/mol. The molecule has 90 valence electrons. The maximum Gasteiger partial charge on any atom is 0.266 e. The van der Waals surface area contributed by atoms with Gasteiger partial charge in [-0.1, -0.05) is 6.42 Å². The fourth-order valence-electron chi connectivity index (χ4n) is 2.06. The Hall–Kier alpha value is -0.170. The molecule has 0 bridgehead atoms. The number of hydrogen-bond donors (Lipinski definition) is 2. The van der Waals surface area contributed by atoms with Crippen LogP contribution in [0, 0.1) is 0 Å². The van der Waals surface area contributed by atoms with Gasteiger partial charge in [0.1, 0.15) is 0 Å². The van der Waals surface area contributed by atoms with E-state index in [2.05, 4.69) is 0 Å². The smallest absolute Gasteiger partial charge is 0.266 e. The first-order valence-electron chi connectivity index (χ1n) is 5.33. The van der Waals surface area contributed by atoms with E-state index in [1.165, 1.54) is 0 Å². The molecule has 0 spiro atoms. The molecule has 1 saturated heterocycles. The van der Waals surface area contributed by atoms with Crippen LogP contribution in [0.3, 0.4) is 0 Å². The molecule has 1 fully saturated rings. The fourth-order valence-corrected chi connectivity index (χ4v) is 2.53. The summed E-state index contributed by atoms with van der Waals surface area (Å²) in [7, 11) is -3.87. The summed E-state index contributed by atoms with van der Waals surface area (Å²) in [5, 5.41) is 8.87. The van der Waals surface area contributed by atoms with E-state index in [4.69, 9.17) is 9.66 Å². The molecule has 6 heteroatoms. The molecule has 1 aliphatic heterocycles. The maximum atomic E-state index is 10.6. The average molecular weight is 237 g/mol. The number of piperidine rings is 1. The molecule has 0 aromatic carbocycles. The summed E-state index contributed by atoms with van der Waals surface area (Å²) < 4.78 is 29.9. The van der Waals surface area contributed by atoms with Crippen LogP contribution in [0.15, 0.2) is 0 Å². The summed E-state index contributed by atoms with van der Waals surface area (Å²) >= 11 is 0. The lowest BCUT2D eigenvalue weighted by Crippen LogP contribution is -2.42. The molecule has 0 amide bonds. The van der Waals surface area contributed by atoms with Crippen molar-refractivity contribution in [2.24, 2.45) is 0 Å².